The topological polar surface area (TPSA) is 26.0 Å². The van der Waals surface area contributed by atoms with Gasteiger partial charge in [0.2, 0.25) is 0 Å². The Balaban J connectivity index is 2.00. The second-order valence-electron chi connectivity index (χ2n) is 3.39. The molecule has 0 aromatic carbocycles. The Hall–Kier alpha value is -1.87. The first-order valence-electron chi connectivity index (χ1n) is 4.97. The fraction of sp³-hybridized carbons (Fsp3) is 0. The molecule has 0 amide bonds. The van der Waals surface area contributed by atoms with Gasteiger partial charge in [0.15, 0.2) is 0 Å². The molecule has 3 rings (SSSR count). The molecule has 0 saturated heterocycles. The summed E-state index contributed by atoms with van der Waals surface area (Å²) in [5.41, 5.74) is 2.13. The highest BCUT2D eigenvalue weighted by Crippen LogP contribution is 2.33. The molecule has 0 aliphatic rings. The van der Waals surface area contributed by atoms with E-state index in [-0.39, 0.29) is 0 Å². The quantitative estimate of drug-likeness (QED) is 0.659. The maximum absolute atomic E-state index is 5.07. The van der Waals surface area contributed by atoms with Gasteiger partial charge in [-0.05, 0) is 30.3 Å². The molecule has 2 nitrogen and oxygen atoms in total. The van der Waals surface area contributed by atoms with E-state index in [9.17, 15) is 0 Å². The maximum Gasteiger partial charge on any atom is 0.0989 e. The smallest absolute Gasteiger partial charge is 0.0989 e. The van der Waals surface area contributed by atoms with Gasteiger partial charge < -0.3 is 4.42 Å². The summed E-state index contributed by atoms with van der Waals surface area (Å²) in [5.74, 6) is 0. The van der Waals surface area contributed by atoms with Crippen LogP contribution in [0, 0.1) is 0 Å². The molecule has 0 atom stereocenters. The summed E-state index contributed by atoms with van der Waals surface area (Å²) in [4.78, 5) is 6.71. The number of pyridine rings is 1. The summed E-state index contributed by atoms with van der Waals surface area (Å²) in [5, 5.41) is 0. The van der Waals surface area contributed by atoms with Crippen LogP contribution >= 0.6 is 11.3 Å². The first-order valence-corrected chi connectivity index (χ1v) is 5.79. The van der Waals surface area contributed by atoms with Crippen molar-refractivity contribution in [1.29, 1.82) is 0 Å². The molecule has 0 spiro atoms. The summed E-state index contributed by atoms with van der Waals surface area (Å²) in [6.07, 6.45) is 5.26. The molecular formula is C13H9NOS. The molecule has 16 heavy (non-hydrogen) atoms. The van der Waals surface area contributed by atoms with Crippen LogP contribution in [0.5, 0.6) is 0 Å². The molecule has 0 aliphatic heterocycles. The highest BCUT2D eigenvalue weighted by molar-refractivity contribution is 7.18. The Kier molecular flexibility index (Phi) is 2.31. The van der Waals surface area contributed by atoms with Crippen molar-refractivity contribution in [2.24, 2.45) is 0 Å². The molecule has 3 heteroatoms. The van der Waals surface area contributed by atoms with E-state index < -0.39 is 0 Å². The molecule has 0 saturated carbocycles. The van der Waals surface area contributed by atoms with Gasteiger partial charge in [0, 0.05) is 16.6 Å². The number of hydrogen-bond acceptors (Lipinski definition) is 3. The van der Waals surface area contributed by atoms with E-state index in [1.54, 1.807) is 23.9 Å². The Bertz CT molecular complexity index is 569. The lowest BCUT2D eigenvalue weighted by molar-refractivity contribution is 0.568. The zero-order valence-corrected chi connectivity index (χ0v) is 9.28. The largest absolute Gasteiger partial charge is 0.472 e. The van der Waals surface area contributed by atoms with Crippen molar-refractivity contribution < 1.29 is 4.42 Å². The zero-order chi connectivity index (χ0) is 10.8. The van der Waals surface area contributed by atoms with Crippen LogP contribution in [0.1, 0.15) is 0 Å². The molecule has 3 heterocycles. The average Bonchev–Trinajstić information content (AvgIpc) is 3.01. The van der Waals surface area contributed by atoms with E-state index in [4.69, 9.17) is 4.42 Å². The van der Waals surface area contributed by atoms with Crippen molar-refractivity contribution in [1.82, 2.24) is 4.98 Å². The monoisotopic (exact) mass is 227 g/mol. The van der Waals surface area contributed by atoms with E-state index in [1.165, 1.54) is 9.75 Å². The van der Waals surface area contributed by atoms with E-state index in [0.29, 0.717) is 0 Å². The van der Waals surface area contributed by atoms with E-state index in [2.05, 4.69) is 17.1 Å². The predicted molar refractivity (Wildman–Crippen MR) is 65.3 cm³/mol. The predicted octanol–water partition coefficient (Wildman–Crippen LogP) is 4.07. The normalized spacial score (nSPS) is 10.5. The van der Waals surface area contributed by atoms with E-state index >= 15 is 0 Å². The lowest BCUT2D eigenvalue weighted by Crippen LogP contribution is -1.75. The third-order valence-corrected chi connectivity index (χ3v) is 3.49. The Morgan fingerprint density at radius 3 is 2.69 bits per heavy atom. The first-order chi connectivity index (χ1) is 7.93. The van der Waals surface area contributed by atoms with Crippen molar-refractivity contribution in [3.05, 3.63) is 55.1 Å². The van der Waals surface area contributed by atoms with Crippen LogP contribution in [0.15, 0.2) is 59.5 Å². The summed E-state index contributed by atoms with van der Waals surface area (Å²) in [6, 6.07) is 12.1. The number of nitrogens with zero attached hydrogens (tertiary/aromatic N) is 1. The second kappa shape index (κ2) is 3.94. The Morgan fingerprint density at radius 2 is 1.94 bits per heavy atom. The van der Waals surface area contributed by atoms with Gasteiger partial charge in [-0.2, -0.15) is 0 Å². The maximum atomic E-state index is 5.07. The van der Waals surface area contributed by atoms with Gasteiger partial charge in [-0.25, -0.2) is 0 Å². The average molecular weight is 227 g/mol. The van der Waals surface area contributed by atoms with E-state index in [0.717, 1.165) is 11.3 Å². The highest BCUT2D eigenvalue weighted by Gasteiger charge is 2.05. The third-order valence-electron chi connectivity index (χ3n) is 2.33. The lowest BCUT2D eigenvalue weighted by atomic mass is 10.2. The van der Waals surface area contributed by atoms with Crippen molar-refractivity contribution in [2.75, 3.05) is 0 Å². The molecule has 0 N–H and O–H groups in total. The molecule has 0 radical (unpaired) electrons. The van der Waals surface area contributed by atoms with Crippen LogP contribution in [0.2, 0.25) is 0 Å². The number of furan rings is 1. The van der Waals surface area contributed by atoms with Crippen molar-refractivity contribution >= 4 is 11.3 Å². The van der Waals surface area contributed by atoms with Gasteiger partial charge in [-0.3, -0.25) is 4.98 Å². The van der Waals surface area contributed by atoms with Crippen LogP contribution in [0.3, 0.4) is 0 Å². The van der Waals surface area contributed by atoms with Gasteiger partial charge in [-0.15, -0.1) is 11.3 Å². The third kappa shape index (κ3) is 1.66. The van der Waals surface area contributed by atoms with Gasteiger partial charge in [0.05, 0.1) is 23.1 Å². The zero-order valence-electron chi connectivity index (χ0n) is 8.46. The number of hydrogen-bond donors (Lipinski definition) is 0. The fourth-order valence-corrected chi connectivity index (χ4v) is 2.51. The van der Waals surface area contributed by atoms with Gasteiger partial charge in [0.25, 0.3) is 0 Å². The van der Waals surface area contributed by atoms with Crippen LogP contribution in [-0.2, 0) is 0 Å². The van der Waals surface area contributed by atoms with Crippen molar-refractivity contribution in [3.8, 4) is 21.0 Å². The molecular weight excluding hydrogens is 218 g/mol. The minimum absolute atomic E-state index is 1.02. The summed E-state index contributed by atoms with van der Waals surface area (Å²) in [6.45, 7) is 0. The van der Waals surface area contributed by atoms with Crippen LogP contribution in [-0.4, -0.2) is 4.98 Å². The molecule has 78 valence electrons. The number of rotatable bonds is 2. The van der Waals surface area contributed by atoms with Crippen molar-refractivity contribution in [3.63, 3.8) is 0 Å². The van der Waals surface area contributed by atoms with Crippen molar-refractivity contribution in [2.45, 2.75) is 0 Å². The summed E-state index contributed by atoms with van der Waals surface area (Å²) >= 11 is 1.72. The second-order valence-corrected chi connectivity index (χ2v) is 4.47. The van der Waals surface area contributed by atoms with Gasteiger partial charge in [-0.1, -0.05) is 6.07 Å². The standard InChI is InChI=1S/C13H9NOS/c1-2-7-14-11(3-1)13-5-4-12(16-13)10-6-8-15-9-10/h1-9H. The van der Waals surface area contributed by atoms with Crippen LogP contribution in [0.25, 0.3) is 21.0 Å². The molecule has 0 unspecified atom stereocenters. The van der Waals surface area contributed by atoms with Crippen LogP contribution < -0.4 is 0 Å². The number of thiophene rings is 1. The summed E-state index contributed by atoms with van der Waals surface area (Å²) < 4.78 is 5.07. The van der Waals surface area contributed by atoms with Gasteiger partial charge >= 0.3 is 0 Å². The van der Waals surface area contributed by atoms with Crippen LogP contribution in [0.4, 0.5) is 0 Å². The highest BCUT2D eigenvalue weighted by atomic mass is 32.1. The van der Waals surface area contributed by atoms with E-state index in [1.807, 2.05) is 30.5 Å². The molecule has 3 aromatic heterocycles. The minimum atomic E-state index is 1.02. The number of aromatic nitrogens is 1. The Labute approximate surface area is 97.2 Å². The molecule has 0 fully saturated rings. The van der Waals surface area contributed by atoms with Gasteiger partial charge in [0.1, 0.15) is 0 Å². The molecule has 0 bridgehead atoms. The Morgan fingerprint density at radius 1 is 1.00 bits per heavy atom. The fourth-order valence-electron chi connectivity index (χ4n) is 1.54. The lowest BCUT2D eigenvalue weighted by Gasteiger charge is -1.93. The SMILES string of the molecule is c1ccc(-c2ccc(-c3ccoc3)s2)nc1. The molecule has 3 aromatic rings. The minimum Gasteiger partial charge on any atom is -0.472 e. The first kappa shape index (κ1) is 9.36. The summed E-state index contributed by atoms with van der Waals surface area (Å²) in [7, 11) is 0. The molecule has 0 aliphatic carbocycles.